The highest BCUT2D eigenvalue weighted by Crippen LogP contribution is 2.36. The maximum atomic E-state index is 12.4. The van der Waals surface area contributed by atoms with Gasteiger partial charge in [-0.05, 0) is 24.1 Å². The molecule has 0 radical (unpaired) electrons. The third-order valence-electron chi connectivity index (χ3n) is 4.42. The van der Waals surface area contributed by atoms with E-state index in [1.165, 1.54) is 23.9 Å². The van der Waals surface area contributed by atoms with Gasteiger partial charge in [-0.25, -0.2) is 0 Å². The number of phenolic OH excluding ortho intramolecular Hbond substituents is 1. The maximum absolute atomic E-state index is 12.4. The van der Waals surface area contributed by atoms with Gasteiger partial charge in [0, 0.05) is 23.3 Å². The zero-order chi connectivity index (χ0) is 24.3. The Kier molecular flexibility index (Phi) is 11.2. The molecule has 4 atom stereocenters. The number of nitrogens with two attached hydrogens (primary N) is 1. The summed E-state index contributed by atoms with van der Waals surface area (Å²) in [4.78, 5) is 57.6. The zero-order valence-corrected chi connectivity index (χ0v) is 18.2. The molecule has 2 amide bonds. The highest BCUT2D eigenvalue weighted by atomic mass is 32.2. The minimum absolute atomic E-state index is 0.00585. The molecule has 0 heterocycles. The molecular weight excluding hydrogens is 442 g/mol. The highest BCUT2D eigenvalue weighted by Gasteiger charge is 2.26. The average Bonchev–Trinajstić information content (AvgIpc) is 2.75. The SMILES string of the molecule is CC(C=O)C(SCC(NC(=O)CCC(N)C(=O)O)C(=O)NCC(=O)O)c1ccc(O)cc1. The van der Waals surface area contributed by atoms with Gasteiger partial charge in [0.05, 0.1) is 0 Å². The van der Waals surface area contributed by atoms with E-state index in [1.807, 2.05) is 0 Å². The number of aliphatic carboxylic acids is 2. The van der Waals surface area contributed by atoms with Crippen LogP contribution in [0.25, 0.3) is 0 Å². The Balaban J connectivity index is 2.91. The number of carbonyl (C=O) groups excluding carboxylic acids is 3. The Morgan fingerprint density at radius 1 is 1.16 bits per heavy atom. The summed E-state index contributed by atoms with van der Waals surface area (Å²) in [5.74, 6) is -4.29. The van der Waals surface area contributed by atoms with Gasteiger partial charge in [0.15, 0.2) is 0 Å². The first kappa shape index (κ1) is 26.9. The van der Waals surface area contributed by atoms with Gasteiger partial charge in [-0.1, -0.05) is 19.1 Å². The molecule has 0 aliphatic carbocycles. The molecule has 0 fully saturated rings. The van der Waals surface area contributed by atoms with Crippen molar-refractivity contribution in [2.24, 2.45) is 11.7 Å². The molecule has 11 nitrogen and oxygen atoms in total. The standard InChI is InChI=1S/C20H27N3O8S/c1-11(9-24)18(12-2-4-13(25)5-3-12)32-10-15(19(29)22-8-17(27)28)23-16(26)7-6-14(21)20(30)31/h2-5,9,11,14-15,18,25H,6-8,10,21H2,1H3,(H,22,29)(H,23,26)(H,27,28)(H,30,31). The molecule has 0 spiro atoms. The molecule has 1 aromatic rings. The van der Waals surface area contributed by atoms with Crippen LogP contribution in [0.15, 0.2) is 24.3 Å². The van der Waals surface area contributed by atoms with E-state index in [1.54, 1.807) is 19.1 Å². The third kappa shape index (κ3) is 9.35. The summed E-state index contributed by atoms with van der Waals surface area (Å²) in [7, 11) is 0. The van der Waals surface area contributed by atoms with Gasteiger partial charge in [-0.15, -0.1) is 0 Å². The molecule has 0 saturated heterocycles. The minimum atomic E-state index is -1.26. The van der Waals surface area contributed by atoms with Crippen molar-refractivity contribution in [3.8, 4) is 5.75 Å². The smallest absolute Gasteiger partial charge is 0.322 e. The Morgan fingerprint density at radius 3 is 2.31 bits per heavy atom. The lowest BCUT2D eigenvalue weighted by molar-refractivity contribution is -0.139. The first-order valence-corrected chi connectivity index (χ1v) is 10.7. The van der Waals surface area contributed by atoms with Crippen LogP contribution in [0.5, 0.6) is 5.75 Å². The monoisotopic (exact) mass is 469 g/mol. The summed E-state index contributed by atoms with van der Waals surface area (Å²) in [6.45, 7) is 1.04. The number of thioether (sulfide) groups is 1. The molecule has 176 valence electrons. The van der Waals surface area contributed by atoms with Crippen LogP contribution in [0.2, 0.25) is 0 Å². The van der Waals surface area contributed by atoms with Crippen molar-refractivity contribution in [2.75, 3.05) is 12.3 Å². The summed E-state index contributed by atoms with van der Waals surface area (Å²) in [5, 5.41) is 31.3. The predicted octanol–water partition coefficient (Wildman–Crippen LogP) is -0.121. The molecule has 1 rings (SSSR count). The lowest BCUT2D eigenvalue weighted by Gasteiger charge is -2.24. The Labute approximate surface area is 188 Å². The predicted molar refractivity (Wildman–Crippen MR) is 116 cm³/mol. The van der Waals surface area contributed by atoms with E-state index in [4.69, 9.17) is 15.9 Å². The molecule has 7 N–H and O–H groups in total. The number of carboxylic acid groups (broad SMARTS) is 2. The van der Waals surface area contributed by atoms with Crippen LogP contribution in [-0.2, 0) is 24.0 Å². The number of nitrogens with one attached hydrogen (secondary N) is 2. The third-order valence-corrected chi connectivity index (χ3v) is 6.01. The van der Waals surface area contributed by atoms with Gasteiger partial charge in [0.2, 0.25) is 11.8 Å². The number of amides is 2. The molecule has 0 aliphatic heterocycles. The molecular formula is C20H27N3O8S. The van der Waals surface area contributed by atoms with E-state index < -0.39 is 53.5 Å². The van der Waals surface area contributed by atoms with Crippen LogP contribution < -0.4 is 16.4 Å². The van der Waals surface area contributed by atoms with E-state index in [2.05, 4.69) is 10.6 Å². The van der Waals surface area contributed by atoms with Crippen LogP contribution in [0.1, 0.15) is 30.6 Å². The van der Waals surface area contributed by atoms with E-state index in [0.717, 1.165) is 11.8 Å². The van der Waals surface area contributed by atoms with E-state index >= 15 is 0 Å². The second kappa shape index (κ2) is 13.3. The number of rotatable bonds is 14. The Morgan fingerprint density at radius 2 is 1.78 bits per heavy atom. The van der Waals surface area contributed by atoms with Gasteiger partial charge in [0.1, 0.15) is 30.7 Å². The first-order chi connectivity index (χ1) is 15.0. The van der Waals surface area contributed by atoms with Crippen molar-refractivity contribution in [3.05, 3.63) is 29.8 Å². The Hall–Kier alpha value is -3.12. The number of carboxylic acids is 2. The lowest BCUT2D eigenvalue weighted by atomic mass is 10.0. The molecule has 1 aromatic carbocycles. The van der Waals surface area contributed by atoms with Crippen molar-refractivity contribution in [1.29, 1.82) is 0 Å². The van der Waals surface area contributed by atoms with Gasteiger partial charge >= 0.3 is 11.9 Å². The van der Waals surface area contributed by atoms with E-state index in [-0.39, 0.29) is 24.3 Å². The van der Waals surface area contributed by atoms with Crippen molar-refractivity contribution < 1.29 is 39.3 Å². The molecule has 0 aromatic heterocycles. The topological polar surface area (TPSA) is 196 Å². The van der Waals surface area contributed by atoms with Crippen molar-refractivity contribution >= 4 is 41.8 Å². The fourth-order valence-electron chi connectivity index (χ4n) is 2.63. The molecule has 32 heavy (non-hydrogen) atoms. The summed E-state index contributed by atoms with van der Waals surface area (Å²) < 4.78 is 0. The number of benzene rings is 1. The van der Waals surface area contributed by atoms with E-state index in [0.29, 0.717) is 0 Å². The fraction of sp³-hybridized carbons (Fsp3) is 0.450. The second-order valence-electron chi connectivity index (χ2n) is 7.06. The average molecular weight is 470 g/mol. The fourth-order valence-corrected chi connectivity index (χ4v) is 3.98. The van der Waals surface area contributed by atoms with Crippen molar-refractivity contribution in [1.82, 2.24) is 10.6 Å². The summed E-state index contributed by atoms with van der Waals surface area (Å²) in [6.07, 6.45) is 0.360. The van der Waals surface area contributed by atoms with Gasteiger partial charge in [-0.2, -0.15) is 11.8 Å². The molecule has 0 saturated carbocycles. The number of aromatic hydroxyl groups is 1. The largest absolute Gasteiger partial charge is 0.508 e. The van der Waals surface area contributed by atoms with Crippen LogP contribution in [0, 0.1) is 5.92 Å². The van der Waals surface area contributed by atoms with Crippen LogP contribution in [-0.4, -0.2) is 69.7 Å². The van der Waals surface area contributed by atoms with Gasteiger partial charge < -0.3 is 36.5 Å². The van der Waals surface area contributed by atoms with Gasteiger partial charge in [0.25, 0.3) is 0 Å². The summed E-state index contributed by atoms with van der Waals surface area (Å²) >= 11 is 1.20. The number of phenols is 1. The van der Waals surface area contributed by atoms with E-state index in [9.17, 15) is 29.1 Å². The maximum Gasteiger partial charge on any atom is 0.322 e. The Bertz CT molecular complexity index is 818. The van der Waals surface area contributed by atoms with Crippen LogP contribution in [0.3, 0.4) is 0 Å². The normalized spacial score (nSPS) is 14.4. The molecule has 0 aliphatic rings. The van der Waals surface area contributed by atoms with Gasteiger partial charge in [-0.3, -0.25) is 19.2 Å². The van der Waals surface area contributed by atoms with Crippen molar-refractivity contribution in [2.45, 2.75) is 37.1 Å². The second-order valence-corrected chi connectivity index (χ2v) is 8.23. The molecule has 4 unspecified atom stereocenters. The highest BCUT2D eigenvalue weighted by molar-refractivity contribution is 7.99. The molecule has 12 heteroatoms. The first-order valence-electron chi connectivity index (χ1n) is 9.68. The summed E-state index contributed by atoms with van der Waals surface area (Å²) in [6, 6.07) is 3.83. The van der Waals surface area contributed by atoms with Crippen LogP contribution >= 0.6 is 11.8 Å². The molecule has 0 bridgehead atoms. The zero-order valence-electron chi connectivity index (χ0n) is 17.4. The minimum Gasteiger partial charge on any atom is -0.508 e. The number of hydrogen-bond donors (Lipinski definition) is 6. The number of hydrogen-bond acceptors (Lipinski definition) is 8. The summed E-state index contributed by atoms with van der Waals surface area (Å²) in [5.41, 5.74) is 6.10. The number of aldehydes is 1. The van der Waals surface area contributed by atoms with Crippen LogP contribution in [0.4, 0.5) is 0 Å². The lowest BCUT2D eigenvalue weighted by Crippen LogP contribution is -2.49. The quantitative estimate of drug-likeness (QED) is 0.200. The van der Waals surface area contributed by atoms with Crippen molar-refractivity contribution in [3.63, 3.8) is 0 Å². The number of carbonyl (C=O) groups is 5.